The molecule has 2 aromatic carbocycles. The average molecular weight is 337 g/mol. The number of carbonyl (C=O) groups excluding carboxylic acids is 1. The summed E-state index contributed by atoms with van der Waals surface area (Å²) in [5.41, 5.74) is 0.674. The number of halogens is 1. The van der Waals surface area contributed by atoms with Gasteiger partial charge in [-0.2, -0.15) is 4.31 Å². The van der Waals surface area contributed by atoms with E-state index in [1.165, 1.54) is 56.6 Å². The maximum Gasteiger partial charge on any atom is 0.337 e. The van der Waals surface area contributed by atoms with Crippen LogP contribution in [0.4, 0.5) is 4.39 Å². The number of benzene rings is 2. The molecule has 5 nitrogen and oxygen atoms in total. The molecule has 122 valence electrons. The molecule has 0 amide bonds. The van der Waals surface area contributed by atoms with Gasteiger partial charge in [0.2, 0.25) is 10.0 Å². The Morgan fingerprint density at radius 2 is 1.87 bits per heavy atom. The second-order valence-electron chi connectivity index (χ2n) is 4.91. The lowest BCUT2D eigenvalue weighted by Gasteiger charge is -2.17. The Morgan fingerprint density at radius 3 is 2.52 bits per heavy atom. The van der Waals surface area contributed by atoms with Crippen molar-refractivity contribution in [2.24, 2.45) is 0 Å². The van der Waals surface area contributed by atoms with E-state index in [1.807, 2.05) is 0 Å². The van der Waals surface area contributed by atoms with E-state index in [1.54, 1.807) is 6.07 Å². The van der Waals surface area contributed by atoms with E-state index in [9.17, 15) is 17.6 Å². The molecule has 2 rings (SSSR count). The Hall–Kier alpha value is -2.25. The third-order valence-corrected chi connectivity index (χ3v) is 5.06. The first-order chi connectivity index (χ1) is 10.8. The average Bonchev–Trinajstić information content (AvgIpc) is 2.54. The van der Waals surface area contributed by atoms with E-state index in [0.717, 1.165) is 4.31 Å². The second kappa shape index (κ2) is 6.89. The summed E-state index contributed by atoms with van der Waals surface area (Å²) >= 11 is 0. The maximum absolute atomic E-state index is 13.2. The fraction of sp³-hybridized carbons (Fsp3) is 0.188. The lowest BCUT2D eigenvalue weighted by molar-refractivity contribution is 0.0600. The highest BCUT2D eigenvalue weighted by molar-refractivity contribution is 7.89. The minimum Gasteiger partial charge on any atom is -0.465 e. The van der Waals surface area contributed by atoms with Gasteiger partial charge < -0.3 is 4.74 Å². The normalized spacial score (nSPS) is 11.5. The zero-order chi connectivity index (χ0) is 17.0. The number of ether oxygens (including phenoxy) is 1. The van der Waals surface area contributed by atoms with Gasteiger partial charge in [-0.1, -0.05) is 18.2 Å². The highest BCUT2D eigenvalue weighted by Gasteiger charge is 2.22. The third kappa shape index (κ3) is 3.94. The topological polar surface area (TPSA) is 63.7 Å². The number of methoxy groups -OCH3 is 1. The zero-order valence-electron chi connectivity index (χ0n) is 12.7. The van der Waals surface area contributed by atoms with Gasteiger partial charge in [0, 0.05) is 13.6 Å². The van der Waals surface area contributed by atoms with Crippen LogP contribution in [0.25, 0.3) is 0 Å². The van der Waals surface area contributed by atoms with Crippen LogP contribution in [-0.2, 0) is 21.3 Å². The molecule has 0 saturated heterocycles. The molecule has 2 aromatic rings. The van der Waals surface area contributed by atoms with Crippen LogP contribution < -0.4 is 0 Å². The zero-order valence-corrected chi connectivity index (χ0v) is 13.5. The molecule has 0 N–H and O–H groups in total. The lowest BCUT2D eigenvalue weighted by atomic mass is 10.2. The van der Waals surface area contributed by atoms with Crippen molar-refractivity contribution in [1.82, 2.24) is 4.31 Å². The Bertz CT molecular complexity index is 820. The molecule has 0 saturated carbocycles. The predicted molar refractivity (Wildman–Crippen MR) is 82.8 cm³/mol. The van der Waals surface area contributed by atoms with Gasteiger partial charge in [0.05, 0.1) is 17.6 Å². The van der Waals surface area contributed by atoms with Crippen LogP contribution in [0, 0.1) is 5.82 Å². The molecule has 0 unspecified atom stereocenters. The number of hydrogen-bond donors (Lipinski definition) is 0. The van der Waals surface area contributed by atoms with E-state index in [0.29, 0.717) is 5.56 Å². The smallest absolute Gasteiger partial charge is 0.337 e. The van der Waals surface area contributed by atoms with Crippen molar-refractivity contribution < 1.29 is 22.3 Å². The number of carbonyl (C=O) groups is 1. The van der Waals surface area contributed by atoms with Crippen LogP contribution in [0.15, 0.2) is 53.4 Å². The molecule has 7 heteroatoms. The van der Waals surface area contributed by atoms with E-state index >= 15 is 0 Å². The summed E-state index contributed by atoms with van der Waals surface area (Å²) in [6.45, 7) is 0.0164. The van der Waals surface area contributed by atoms with Crippen molar-refractivity contribution in [2.75, 3.05) is 14.2 Å². The van der Waals surface area contributed by atoms with Gasteiger partial charge >= 0.3 is 5.97 Å². The quantitative estimate of drug-likeness (QED) is 0.786. The number of sulfonamides is 1. The standard InChI is InChI=1S/C16H16FNO4S/c1-18(11-12-5-3-7-14(17)9-12)23(20,21)15-8-4-6-13(10-15)16(19)22-2/h3-10H,11H2,1-2H3. The second-order valence-corrected chi connectivity index (χ2v) is 6.96. The van der Waals surface area contributed by atoms with Crippen molar-refractivity contribution >= 4 is 16.0 Å². The van der Waals surface area contributed by atoms with Crippen molar-refractivity contribution in [3.05, 3.63) is 65.5 Å². The molecule has 23 heavy (non-hydrogen) atoms. The van der Waals surface area contributed by atoms with Crippen LogP contribution in [0.3, 0.4) is 0 Å². The fourth-order valence-corrected chi connectivity index (χ4v) is 3.26. The molecule has 0 atom stereocenters. The highest BCUT2D eigenvalue weighted by Crippen LogP contribution is 2.18. The lowest BCUT2D eigenvalue weighted by Crippen LogP contribution is -2.26. The number of hydrogen-bond acceptors (Lipinski definition) is 4. The number of esters is 1. The Balaban J connectivity index is 2.28. The van der Waals surface area contributed by atoms with Crippen LogP contribution in [-0.4, -0.2) is 32.8 Å². The van der Waals surface area contributed by atoms with Gasteiger partial charge in [-0.3, -0.25) is 0 Å². The first-order valence-electron chi connectivity index (χ1n) is 6.74. The Labute approximate surface area is 134 Å². The van der Waals surface area contributed by atoms with Crippen LogP contribution in [0.5, 0.6) is 0 Å². The van der Waals surface area contributed by atoms with E-state index in [-0.39, 0.29) is 17.0 Å². The first-order valence-corrected chi connectivity index (χ1v) is 8.18. The van der Waals surface area contributed by atoms with Crippen molar-refractivity contribution in [3.8, 4) is 0 Å². The fourth-order valence-electron chi connectivity index (χ4n) is 2.06. The molecule has 0 aromatic heterocycles. The summed E-state index contributed by atoms with van der Waals surface area (Å²) in [5, 5.41) is 0. The van der Waals surface area contributed by atoms with Gasteiger partial charge in [0.1, 0.15) is 5.82 Å². The highest BCUT2D eigenvalue weighted by atomic mass is 32.2. The molecule has 0 radical (unpaired) electrons. The van der Waals surface area contributed by atoms with Crippen molar-refractivity contribution in [2.45, 2.75) is 11.4 Å². The van der Waals surface area contributed by atoms with Crippen molar-refractivity contribution in [1.29, 1.82) is 0 Å². The molecular weight excluding hydrogens is 321 g/mol. The van der Waals surface area contributed by atoms with Crippen LogP contribution in [0.2, 0.25) is 0 Å². The maximum atomic E-state index is 13.2. The first kappa shape index (κ1) is 17.1. The predicted octanol–water partition coefficient (Wildman–Crippen LogP) is 2.43. The Kier molecular flexibility index (Phi) is 5.12. The monoisotopic (exact) mass is 337 g/mol. The molecule has 0 aliphatic heterocycles. The number of nitrogens with zero attached hydrogens (tertiary/aromatic N) is 1. The number of rotatable bonds is 5. The van der Waals surface area contributed by atoms with Crippen molar-refractivity contribution in [3.63, 3.8) is 0 Å². The molecule has 0 fully saturated rings. The summed E-state index contributed by atoms with van der Waals surface area (Å²) in [7, 11) is -1.20. The molecule has 0 aliphatic rings. The molecule has 0 heterocycles. The third-order valence-electron chi connectivity index (χ3n) is 3.26. The molecule has 0 bridgehead atoms. The minimum absolute atomic E-state index is 0.0164. The largest absolute Gasteiger partial charge is 0.465 e. The Morgan fingerprint density at radius 1 is 1.17 bits per heavy atom. The van der Waals surface area contributed by atoms with E-state index in [4.69, 9.17) is 0 Å². The molecule has 0 spiro atoms. The van der Waals surface area contributed by atoms with E-state index < -0.39 is 21.8 Å². The van der Waals surface area contributed by atoms with Gasteiger partial charge in [-0.05, 0) is 35.9 Å². The summed E-state index contributed by atoms with van der Waals surface area (Å²) in [4.78, 5) is 11.5. The van der Waals surface area contributed by atoms with Gasteiger partial charge in [0.15, 0.2) is 0 Å². The van der Waals surface area contributed by atoms with Crippen LogP contribution in [0.1, 0.15) is 15.9 Å². The van der Waals surface area contributed by atoms with Crippen LogP contribution >= 0.6 is 0 Å². The van der Waals surface area contributed by atoms with Gasteiger partial charge in [0.25, 0.3) is 0 Å². The molecular formula is C16H16FNO4S. The van der Waals surface area contributed by atoms with Gasteiger partial charge in [-0.15, -0.1) is 0 Å². The summed E-state index contributed by atoms with van der Waals surface area (Å²) in [6.07, 6.45) is 0. The SMILES string of the molecule is COC(=O)c1cccc(S(=O)(=O)N(C)Cc2cccc(F)c2)c1. The molecule has 0 aliphatic carbocycles. The van der Waals surface area contributed by atoms with E-state index in [2.05, 4.69) is 4.74 Å². The summed E-state index contributed by atoms with van der Waals surface area (Å²) < 4.78 is 44.0. The minimum atomic E-state index is -3.81. The van der Waals surface area contributed by atoms with Gasteiger partial charge in [-0.25, -0.2) is 17.6 Å². The summed E-state index contributed by atoms with van der Waals surface area (Å²) in [6, 6.07) is 11.3. The summed E-state index contributed by atoms with van der Waals surface area (Å²) in [5.74, 6) is -1.05.